The molecule has 0 aliphatic heterocycles. The van der Waals surface area contributed by atoms with Gasteiger partial charge in [0.25, 0.3) is 0 Å². The summed E-state index contributed by atoms with van der Waals surface area (Å²) in [6, 6.07) is 10.1. The topological polar surface area (TPSA) is 68.8 Å². The molecule has 6 heteroatoms. The van der Waals surface area contributed by atoms with Crippen molar-refractivity contribution in [2.45, 2.75) is 38.6 Å². The molecule has 2 aromatic rings. The van der Waals surface area contributed by atoms with Gasteiger partial charge in [0.2, 0.25) is 11.7 Å². The molecule has 1 atom stereocenters. The van der Waals surface area contributed by atoms with Crippen molar-refractivity contribution in [2.75, 3.05) is 33.2 Å². The number of benzene rings is 2. The van der Waals surface area contributed by atoms with E-state index in [9.17, 15) is 4.79 Å². The van der Waals surface area contributed by atoms with Crippen molar-refractivity contribution in [3.63, 3.8) is 0 Å². The van der Waals surface area contributed by atoms with Gasteiger partial charge in [0, 0.05) is 17.8 Å². The van der Waals surface area contributed by atoms with Crippen LogP contribution in [-0.4, -0.2) is 33.8 Å². The zero-order valence-electron chi connectivity index (χ0n) is 17.6. The molecule has 2 N–H and O–H groups in total. The van der Waals surface area contributed by atoms with E-state index in [1.165, 1.54) is 24.0 Å². The third kappa shape index (κ3) is 4.94. The third-order valence-corrected chi connectivity index (χ3v) is 5.37. The number of ether oxygens (including phenoxy) is 3. The normalized spacial score (nSPS) is 13.8. The molecule has 0 fully saturated rings. The summed E-state index contributed by atoms with van der Waals surface area (Å²) in [4.78, 5) is 12.5. The zero-order chi connectivity index (χ0) is 20.8. The maximum absolute atomic E-state index is 12.5. The minimum Gasteiger partial charge on any atom is -0.493 e. The Morgan fingerprint density at radius 2 is 1.62 bits per heavy atom. The molecule has 1 amide bonds. The SMILES string of the molecule is COc1cc(NCC(=O)NC(C)c2ccc3c(c2)CCCC3)cc(OC)c1OC. The maximum atomic E-state index is 12.5. The van der Waals surface area contributed by atoms with Gasteiger partial charge in [-0.3, -0.25) is 4.79 Å². The van der Waals surface area contributed by atoms with Gasteiger partial charge in [-0.15, -0.1) is 0 Å². The van der Waals surface area contributed by atoms with Crippen molar-refractivity contribution < 1.29 is 19.0 Å². The molecule has 29 heavy (non-hydrogen) atoms. The number of anilines is 1. The molecule has 6 nitrogen and oxygen atoms in total. The number of aryl methyl sites for hydroxylation is 2. The van der Waals surface area contributed by atoms with Gasteiger partial charge >= 0.3 is 0 Å². The molecular formula is C23H30N2O4. The number of carbonyl (C=O) groups is 1. The van der Waals surface area contributed by atoms with Crippen LogP contribution in [0, 0.1) is 0 Å². The van der Waals surface area contributed by atoms with Crippen LogP contribution in [0.2, 0.25) is 0 Å². The summed E-state index contributed by atoms with van der Waals surface area (Å²) in [5, 5.41) is 6.19. The number of carbonyl (C=O) groups excluding carboxylic acids is 1. The summed E-state index contributed by atoms with van der Waals surface area (Å²) in [5.74, 6) is 1.52. The Bertz CT molecular complexity index is 841. The molecule has 1 aliphatic rings. The highest BCUT2D eigenvalue weighted by atomic mass is 16.5. The van der Waals surface area contributed by atoms with E-state index >= 15 is 0 Å². The molecule has 0 spiro atoms. The minimum absolute atomic E-state index is 0.0449. The van der Waals surface area contributed by atoms with Gasteiger partial charge in [-0.25, -0.2) is 0 Å². The number of fused-ring (bicyclic) bond motifs is 1. The van der Waals surface area contributed by atoms with E-state index in [1.807, 2.05) is 6.92 Å². The van der Waals surface area contributed by atoms with E-state index in [2.05, 4.69) is 28.8 Å². The van der Waals surface area contributed by atoms with Crippen LogP contribution in [0.3, 0.4) is 0 Å². The molecule has 1 aliphatic carbocycles. The highest BCUT2D eigenvalue weighted by Gasteiger charge is 2.16. The quantitative estimate of drug-likeness (QED) is 0.706. The van der Waals surface area contributed by atoms with Crippen molar-refractivity contribution in [1.29, 1.82) is 0 Å². The van der Waals surface area contributed by atoms with Gasteiger partial charge in [-0.05, 0) is 49.3 Å². The predicted octanol–water partition coefficient (Wildman–Crippen LogP) is 3.88. The maximum Gasteiger partial charge on any atom is 0.239 e. The molecule has 156 valence electrons. The fourth-order valence-electron chi connectivity index (χ4n) is 3.76. The summed E-state index contributed by atoms with van der Waals surface area (Å²) in [6.07, 6.45) is 4.81. The molecular weight excluding hydrogens is 368 g/mol. The fraction of sp³-hybridized carbons (Fsp3) is 0.435. The van der Waals surface area contributed by atoms with Gasteiger partial charge < -0.3 is 24.8 Å². The van der Waals surface area contributed by atoms with E-state index in [1.54, 1.807) is 33.5 Å². The lowest BCUT2D eigenvalue weighted by Crippen LogP contribution is -2.32. The van der Waals surface area contributed by atoms with Crippen LogP contribution in [0.1, 0.15) is 42.5 Å². The summed E-state index contributed by atoms with van der Waals surface area (Å²) in [6.45, 7) is 2.16. The Labute approximate surface area is 172 Å². The van der Waals surface area contributed by atoms with E-state index in [0.29, 0.717) is 17.2 Å². The molecule has 0 radical (unpaired) electrons. The van der Waals surface area contributed by atoms with E-state index in [4.69, 9.17) is 14.2 Å². The van der Waals surface area contributed by atoms with Gasteiger partial charge in [0.05, 0.1) is 33.9 Å². The number of rotatable bonds is 8. The van der Waals surface area contributed by atoms with Crippen molar-refractivity contribution >= 4 is 11.6 Å². The lowest BCUT2D eigenvalue weighted by molar-refractivity contribution is -0.120. The zero-order valence-corrected chi connectivity index (χ0v) is 17.6. The van der Waals surface area contributed by atoms with Crippen molar-refractivity contribution in [3.05, 3.63) is 47.0 Å². The average Bonchev–Trinajstić information content (AvgIpc) is 2.76. The van der Waals surface area contributed by atoms with Gasteiger partial charge in [0.1, 0.15) is 0 Å². The van der Waals surface area contributed by atoms with Crippen LogP contribution in [0.25, 0.3) is 0 Å². The van der Waals surface area contributed by atoms with Crippen molar-refractivity contribution in [1.82, 2.24) is 5.32 Å². The second-order valence-electron chi connectivity index (χ2n) is 7.29. The monoisotopic (exact) mass is 398 g/mol. The van der Waals surface area contributed by atoms with Gasteiger partial charge in [-0.1, -0.05) is 18.2 Å². The molecule has 0 bridgehead atoms. The summed E-state index contributed by atoms with van der Waals surface area (Å²) in [5.41, 5.74) is 4.73. The van der Waals surface area contributed by atoms with E-state index in [-0.39, 0.29) is 18.5 Å². The molecule has 2 aromatic carbocycles. The molecule has 1 unspecified atom stereocenters. The van der Waals surface area contributed by atoms with Crippen molar-refractivity contribution in [3.8, 4) is 17.2 Å². The van der Waals surface area contributed by atoms with Gasteiger partial charge in [-0.2, -0.15) is 0 Å². The Morgan fingerprint density at radius 1 is 0.966 bits per heavy atom. The number of methoxy groups -OCH3 is 3. The largest absolute Gasteiger partial charge is 0.493 e. The van der Waals surface area contributed by atoms with Crippen LogP contribution >= 0.6 is 0 Å². The molecule has 0 saturated carbocycles. The fourth-order valence-corrected chi connectivity index (χ4v) is 3.76. The number of hydrogen-bond donors (Lipinski definition) is 2. The first-order chi connectivity index (χ1) is 14.0. The Balaban J connectivity index is 1.61. The molecule has 0 heterocycles. The van der Waals surface area contributed by atoms with Crippen LogP contribution in [0.4, 0.5) is 5.69 Å². The smallest absolute Gasteiger partial charge is 0.239 e. The Hall–Kier alpha value is -2.89. The predicted molar refractivity (Wildman–Crippen MR) is 114 cm³/mol. The summed E-state index contributed by atoms with van der Waals surface area (Å²) < 4.78 is 16.0. The lowest BCUT2D eigenvalue weighted by atomic mass is 9.89. The van der Waals surface area contributed by atoms with E-state index < -0.39 is 0 Å². The van der Waals surface area contributed by atoms with Crippen LogP contribution in [0.5, 0.6) is 17.2 Å². The molecule has 0 saturated heterocycles. The second-order valence-corrected chi connectivity index (χ2v) is 7.29. The first-order valence-corrected chi connectivity index (χ1v) is 10.0. The van der Waals surface area contributed by atoms with Crippen LogP contribution in [0.15, 0.2) is 30.3 Å². The first kappa shape index (κ1) is 20.8. The number of nitrogens with one attached hydrogen (secondary N) is 2. The molecule has 3 rings (SSSR count). The first-order valence-electron chi connectivity index (χ1n) is 10.0. The lowest BCUT2D eigenvalue weighted by Gasteiger charge is -2.20. The highest BCUT2D eigenvalue weighted by molar-refractivity contribution is 5.81. The summed E-state index contributed by atoms with van der Waals surface area (Å²) >= 11 is 0. The number of hydrogen-bond acceptors (Lipinski definition) is 5. The van der Waals surface area contributed by atoms with Gasteiger partial charge in [0.15, 0.2) is 11.5 Å². The Kier molecular flexibility index (Phi) is 6.86. The van der Waals surface area contributed by atoms with Crippen molar-refractivity contribution in [2.24, 2.45) is 0 Å². The van der Waals surface area contributed by atoms with Crippen LogP contribution in [-0.2, 0) is 17.6 Å². The molecule has 0 aromatic heterocycles. The average molecular weight is 399 g/mol. The highest BCUT2D eigenvalue weighted by Crippen LogP contribution is 2.39. The third-order valence-electron chi connectivity index (χ3n) is 5.37. The second kappa shape index (κ2) is 9.54. The standard InChI is InChI=1S/C23H30N2O4/c1-15(17-10-9-16-7-5-6-8-18(16)11-17)25-22(26)14-24-19-12-20(27-2)23(29-4)21(13-19)28-3/h9-13,15,24H,5-8,14H2,1-4H3,(H,25,26). The minimum atomic E-state index is -0.0797. The number of amides is 1. The summed E-state index contributed by atoms with van der Waals surface area (Å²) in [7, 11) is 4.69. The van der Waals surface area contributed by atoms with E-state index in [0.717, 1.165) is 24.1 Å². The van der Waals surface area contributed by atoms with Crippen LogP contribution < -0.4 is 24.8 Å². The Morgan fingerprint density at radius 3 is 2.24 bits per heavy atom.